The number of anilines is 15. The second kappa shape index (κ2) is 40.7. The van der Waals surface area contributed by atoms with E-state index in [1.54, 1.807) is 0 Å². The molecular formula is C135H105N5. The minimum atomic E-state index is 1.16. The molecule has 0 N–H and O–H groups in total. The van der Waals surface area contributed by atoms with Gasteiger partial charge in [0.2, 0.25) is 0 Å². The summed E-state index contributed by atoms with van der Waals surface area (Å²) in [6, 6.07) is 195. The first-order valence-electron chi connectivity index (χ1n) is 48.2. The topological polar surface area (TPSA) is 16.2 Å². The van der Waals surface area contributed by atoms with Crippen LogP contribution in [0.25, 0.3) is 108 Å². The molecule has 0 radical (unpaired) electrons. The molecule has 0 amide bonds. The number of hydrogen-bond acceptors (Lipinski definition) is 5. The van der Waals surface area contributed by atoms with Crippen molar-refractivity contribution < 1.29 is 0 Å². The average molecular weight is 1800 g/mol. The van der Waals surface area contributed by atoms with Crippen molar-refractivity contribution in [3.05, 3.63) is 574 Å². The Hall–Kier alpha value is -17.9. The second-order valence-corrected chi connectivity index (χ2v) is 35.8. The molecule has 0 aliphatic carbocycles. The van der Waals surface area contributed by atoms with Gasteiger partial charge in [0.1, 0.15) is 0 Å². The minimum Gasteiger partial charge on any atom is -0.310 e. The lowest BCUT2D eigenvalue weighted by molar-refractivity contribution is 1.25. The Bertz CT molecular complexity index is 8700. The highest BCUT2D eigenvalue weighted by atomic mass is 15.2. The SMILES string of the molecule is Cc1ccc(N(c2ccccc2)c2cccc3ccc4ccccc4c23)cc1.Cc1cccc(N(c2ccccc2)c2ccc3ccc4ccccc4c3c2)c1.Cc1cccc(N(c2ccccc2)c2cccc3ccc4ccccc4c23)c1.Cc1ccccc1N(c1ccccc1)c1ccc2ccc3ccccc3c2c1.Cc1ccccc1N(c1ccccc1)c1cccc2ccc3ccccc3c12. The third-order valence-electron chi connectivity index (χ3n) is 26.5. The molecule has 25 rings (SSSR count). The van der Waals surface area contributed by atoms with Crippen LogP contribution in [0.4, 0.5) is 85.3 Å². The summed E-state index contributed by atoms with van der Waals surface area (Å²) in [6.07, 6.45) is 0. The number of rotatable bonds is 15. The normalized spacial score (nSPS) is 11.0. The van der Waals surface area contributed by atoms with E-state index in [1.165, 1.54) is 187 Å². The number of nitrogens with zero attached hydrogens (tertiary/aromatic N) is 5. The van der Waals surface area contributed by atoms with Crippen LogP contribution in [-0.4, -0.2) is 0 Å². The van der Waals surface area contributed by atoms with E-state index in [9.17, 15) is 0 Å². The summed E-state index contributed by atoms with van der Waals surface area (Å²) < 4.78 is 0. The zero-order chi connectivity index (χ0) is 94.6. The van der Waals surface area contributed by atoms with Gasteiger partial charge in [-0.15, -0.1) is 0 Å². The number of para-hydroxylation sites is 7. The van der Waals surface area contributed by atoms with Crippen molar-refractivity contribution >= 4 is 193 Å². The molecule has 25 aromatic rings. The lowest BCUT2D eigenvalue weighted by Crippen LogP contribution is -2.11. The molecule has 0 aliphatic heterocycles. The lowest BCUT2D eigenvalue weighted by Gasteiger charge is -2.28. The van der Waals surface area contributed by atoms with Crippen molar-refractivity contribution in [2.24, 2.45) is 0 Å². The summed E-state index contributed by atoms with van der Waals surface area (Å²) in [5.41, 5.74) is 23.9. The van der Waals surface area contributed by atoms with Gasteiger partial charge in [-0.3, -0.25) is 0 Å². The molecule has 0 bridgehead atoms. The Morgan fingerprint density at radius 1 is 0.114 bits per heavy atom. The van der Waals surface area contributed by atoms with Gasteiger partial charge in [0, 0.05) is 84.4 Å². The number of fused-ring (bicyclic) bond motifs is 15. The van der Waals surface area contributed by atoms with Gasteiger partial charge >= 0.3 is 0 Å². The molecule has 670 valence electrons. The van der Waals surface area contributed by atoms with Gasteiger partial charge in [0.15, 0.2) is 0 Å². The molecule has 5 nitrogen and oxygen atoms in total. The van der Waals surface area contributed by atoms with Crippen molar-refractivity contribution in [1.82, 2.24) is 0 Å². The Kier molecular flexibility index (Phi) is 25.8. The maximum Gasteiger partial charge on any atom is 0.0546 e. The van der Waals surface area contributed by atoms with Crippen molar-refractivity contribution in [3.63, 3.8) is 0 Å². The third-order valence-corrected chi connectivity index (χ3v) is 26.5. The highest BCUT2D eigenvalue weighted by molar-refractivity contribution is 6.19. The van der Waals surface area contributed by atoms with Gasteiger partial charge in [0.25, 0.3) is 0 Å². The van der Waals surface area contributed by atoms with E-state index in [1.807, 2.05) is 0 Å². The first-order valence-corrected chi connectivity index (χ1v) is 48.2. The molecule has 140 heavy (non-hydrogen) atoms. The van der Waals surface area contributed by atoms with E-state index in [0.29, 0.717) is 0 Å². The molecule has 0 spiro atoms. The van der Waals surface area contributed by atoms with Gasteiger partial charge in [-0.1, -0.05) is 400 Å². The Balaban J connectivity index is 0.000000104. The summed E-state index contributed by atoms with van der Waals surface area (Å²) in [5.74, 6) is 0. The van der Waals surface area contributed by atoms with Crippen molar-refractivity contribution in [1.29, 1.82) is 0 Å². The van der Waals surface area contributed by atoms with E-state index in [-0.39, 0.29) is 0 Å². The summed E-state index contributed by atoms with van der Waals surface area (Å²) in [6.45, 7) is 10.8. The zero-order valence-corrected chi connectivity index (χ0v) is 79.2. The van der Waals surface area contributed by atoms with Crippen LogP contribution in [0.1, 0.15) is 27.8 Å². The van der Waals surface area contributed by atoms with Crippen molar-refractivity contribution in [2.45, 2.75) is 34.6 Å². The van der Waals surface area contributed by atoms with Crippen LogP contribution >= 0.6 is 0 Å². The standard InChI is InChI=1S/5C27H21N/c1-20-10-5-8-16-25(20)28(23-13-3-2-4-14-23)26-17-9-12-22-19-18-21-11-6-7-15-24(21)27(22)26;1-20-9-5-8-14-27(20)28(23-11-3-2-4-12-23)24-18-17-22-16-15-21-10-6-7-13-25(21)26(22)19-24;1-20-9-7-14-24(19-20)28(23-12-3-2-4-13-23)26-16-8-11-22-18-17-21-10-5-6-15-25(21)27(22)26;1-20-8-7-12-24(18-20)28(23-10-3-2-4-11-23)25-17-16-22-15-14-21-9-5-6-13-26(21)27(22)19-25;1-20-14-18-24(19-15-20)28(23-10-3-2-4-11-23)26-13-7-9-22-17-16-21-8-5-6-12-25(21)27(22)26/h5*2-19H,1H3. The predicted octanol–water partition coefficient (Wildman–Crippen LogP) is 38.9. The van der Waals surface area contributed by atoms with E-state index >= 15 is 0 Å². The van der Waals surface area contributed by atoms with Gasteiger partial charge in [-0.25, -0.2) is 0 Å². The molecule has 0 saturated carbocycles. The molecule has 25 aromatic carbocycles. The Labute approximate surface area is 820 Å². The molecule has 0 atom stereocenters. The highest BCUT2D eigenvalue weighted by Crippen LogP contribution is 2.48. The summed E-state index contributed by atoms with van der Waals surface area (Å²) >= 11 is 0. The van der Waals surface area contributed by atoms with Crippen molar-refractivity contribution in [2.75, 3.05) is 24.5 Å². The second-order valence-electron chi connectivity index (χ2n) is 35.8. The number of hydrogen-bond donors (Lipinski definition) is 0. The largest absolute Gasteiger partial charge is 0.310 e. The van der Waals surface area contributed by atoms with Crippen LogP contribution in [0.15, 0.2) is 546 Å². The van der Waals surface area contributed by atoms with Crippen LogP contribution in [0.2, 0.25) is 0 Å². The van der Waals surface area contributed by atoms with E-state index in [2.05, 4.69) is 605 Å². The fourth-order valence-corrected chi connectivity index (χ4v) is 19.8. The van der Waals surface area contributed by atoms with Crippen LogP contribution in [0.3, 0.4) is 0 Å². The molecule has 0 fully saturated rings. The fraction of sp³-hybridized carbons (Fsp3) is 0.0370. The molecular weight excluding hydrogens is 1690 g/mol. The maximum absolute atomic E-state index is 2.38. The molecule has 0 aliphatic rings. The number of aryl methyl sites for hydroxylation is 5. The van der Waals surface area contributed by atoms with Gasteiger partial charge in [-0.2, -0.15) is 0 Å². The first kappa shape index (κ1) is 88.7. The smallest absolute Gasteiger partial charge is 0.0546 e. The first-order chi connectivity index (χ1) is 69.0. The predicted molar refractivity (Wildman–Crippen MR) is 604 cm³/mol. The van der Waals surface area contributed by atoms with E-state index in [0.717, 1.165) is 34.1 Å². The summed E-state index contributed by atoms with van der Waals surface area (Å²) in [4.78, 5) is 11.8. The molecule has 0 saturated heterocycles. The average Bonchev–Trinajstić information content (AvgIpc) is 0.750. The lowest BCUT2D eigenvalue weighted by atomic mass is 9.99. The van der Waals surface area contributed by atoms with Crippen LogP contribution in [-0.2, 0) is 0 Å². The zero-order valence-electron chi connectivity index (χ0n) is 79.2. The van der Waals surface area contributed by atoms with Gasteiger partial charge in [-0.05, 0) is 300 Å². The monoisotopic (exact) mass is 1800 g/mol. The minimum absolute atomic E-state index is 1.16. The highest BCUT2D eigenvalue weighted by Gasteiger charge is 2.24. The number of benzene rings is 25. The molecule has 0 unspecified atom stereocenters. The van der Waals surface area contributed by atoms with Crippen LogP contribution in [0.5, 0.6) is 0 Å². The van der Waals surface area contributed by atoms with E-state index < -0.39 is 0 Å². The molecule has 5 heteroatoms. The maximum atomic E-state index is 2.38. The van der Waals surface area contributed by atoms with Gasteiger partial charge < -0.3 is 24.5 Å². The summed E-state index contributed by atoms with van der Waals surface area (Å²) in [7, 11) is 0. The van der Waals surface area contributed by atoms with Gasteiger partial charge in [0.05, 0.1) is 17.1 Å². The van der Waals surface area contributed by atoms with E-state index in [4.69, 9.17) is 0 Å². The Morgan fingerprint density at radius 2 is 0.329 bits per heavy atom. The Morgan fingerprint density at radius 3 is 0.700 bits per heavy atom. The van der Waals surface area contributed by atoms with Crippen LogP contribution in [0, 0.1) is 34.6 Å². The molecule has 0 aromatic heterocycles. The van der Waals surface area contributed by atoms with Crippen molar-refractivity contribution in [3.8, 4) is 0 Å². The fourth-order valence-electron chi connectivity index (χ4n) is 19.8. The molecule has 0 heterocycles. The summed E-state index contributed by atoms with van der Waals surface area (Å²) in [5, 5.41) is 25.5. The van der Waals surface area contributed by atoms with Crippen LogP contribution < -0.4 is 24.5 Å². The quantitative estimate of drug-likeness (QED) is 0.0948. The third kappa shape index (κ3) is 18.7.